The Labute approximate surface area is 99.0 Å². The standard InChI is InChI=1S/C12H13N3O2/c1-15-7-6-13-12(15)9-17-11-4-2-10(3-5-11)8-14-16/h2-8,16H,9H2,1H3/b14-8+. The molecule has 0 saturated carbocycles. The predicted molar refractivity (Wildman–Crippen MR) is 63.4 cm³/mol. The number of ether oxygens (including phenoxy) is 1. The lowest BCUT2D eigenvalue weighted by atomic mass is 10.2. The Balaban J connectivity index is 1.98. The van der Waals surface area contributed by atoms with Crippen LogP contribution in [0.2, 0.25) is 0 Å². The van der Waals surface area contributed by atoms with Crippen molar-refractivity contribution in [2.45, 2.75) is 6.61 Å². The maximum Gasteiger partial charge on any atom is 0.146 e. The molecule has 0 aliphatic heterocycles. The van der Waals surface area contributed by atoms with Gasteiger partial charge in [-0.2, -0.15) is 0 Å². The maximum absolute atomic E-state index is 8.38. The third kappa shape index (κ3) is 2.84. The SMILES string of the molecule is Cn1ccnc1COc1ccc(/C=N/O)cc1. The van der Waals surface area contributed by atoms with Crippen molar-refractivity contribution in [3.8, 4) is 5.75 Å². The number of hydrogen-bond acceptors (Lipinski definition) is 4. The number of nitrogens with zero attached hydrogens (tertiary/aromatic N) is 3. The van der Waals surface area contributed by atoms with Crippen LogP contribution in [0.1, 0.15) is 11.4 Å². The molecular formula is C12H13N3O2. The molecule has 0 aliphatic rings. The van der Waals surface area contributed by atoms with E-state index in [1.165, 1.54) is 6.21 Å². The van der Waals surface area contributed by atoms with Gasteiger partial charge in [-0.25, -0.2) is 4.98 Å². The molecule has 0 amide bonds. The van der Waals surface area contributed by atoms with E-state index in [-0.39, 0.29) is 0 Å². The van der Waals surface area contributed by atoms with Gasteiger partial charge in [0.25, 0.3) is 0 Å². The second kappa shape index (κ2) is 5.16. The summed E-state index contributed by atoms with van der Waals surface area (Å²) in [6.07, 6.45) is 4.97. The molecule has 1 aromatic heterocycles. The highest BCUT2D eigenvalue weighted by molar-refractivity contribution is 5.79. The maximum atomic E-state index is 8.38. The summed E-state index contributed by atoms with van der Waals surface area (Å²) < 4.78 is 7.48. The molecule has 2 aromatic rings. The minimum absolute atomic E-state index is 0.428. The van der Waals surface area contributed by atoms with Gasteiger partial charge in [0.2, 0.25) is 0 Å². The number of hydrogen-bond donors (Lipinski definition) is 1. The van der Waals surface area contributed by atoms with Crippen LogP contribution in [0, 0.1) is 0 Å². The van der Waals surface area contributed by atoms with Gasteiger partial charge in [0.15, 0.2) is 0 Å². The fraction of sp³-hybridized carbons (Fsp3) is 0.167. The minimum Gasteiger partial charge on any atom is -0.486 e. The highest BCUT2D eigenvalue weighted by Gasteiger charge is 2.00. The van der Waals surface area contributed by atoms with E-state index >= 15 is 0 Å². The van der Waals surface area contributed by atoms with Gasteiger partial charge in [0.05, 0.1) is 6.21 Å². The van der Waals surface area contributed by atoms with E-state index in [0.717, 1.165) is 17.1 Å². The van der Waals surface area contributed by atoms with E-state index in [1.807, 2.05) is 42.1 Å². The lowest BCUT2D eigenvalue weighted by Crippen LogP contribution is -2.02. The van der Waals surface area contributed by atoms with E-state index in [1.54, 1.807) is 6.20 Å². The van der Waals surface area contributed by atoms with Crippen LogP contribution in [0.3, 0.4) is 0 Å². The van der Waals surface area contributed by atoms with Crippen molar-refractivity contribution >= 4 is 6.21 Å². The Hall–Kier alpha value is -2.30. The van der Waals surface area contributed by atoms with Crippen LogP contribution in [0.4, 0.5) is 0 Å². The Morgan fingerprint density at radius 3 is 2.76 bits per heavy atom. The quantitative estimate of drug-likeness (QED) is 0.496. The molecular weight excluding hydrogens is 218 g/mol. The van der Waals surface area contributed by atoms with Gasteiger partial charge >= 0.3 is 0 Å². The normalized spacial score (nSPS) is 10.9. The second-order valence-electron chi connectivity index (χ2n) is 3.56. The summed E-state index contributed by atoms with van der Waals surface area (Å²) in [6.45, 7) is 0.428. The number of imidazole rings is 1. The highest BCUT2D eigenvalue weighted by atomic mass is 16.5. The molecule has 1 N–H and O–H groups in total. The van der Waals surface area contributed by atoms with Crippen molar-refractivity contribution in [3.63, 3.8) is 0 Å². The minimum atomic E-state index is 0.428. The van der Waals surface area contributed by atoms with Gasteiger partial charge in [-0.1, -0.05) is 5.16 Å². The molecule has 5 nitrogen and oxygen atoms in total. The number of aromatic nitrogens is 2. The van der Waals surface area contributed by atoms with Crippen LogP contribution in [0.15, 0.2) is 41.8 Å². The van der Waals surface area contributed by atoms with Crippen molar-refractivity contribution in [3.05, 3.63) is 48.0 Å². The zero-order valence-corrected chi connectivity index (χ0v) is 9.45. The number of rotatable bonds is 4. The number of oxime groups is 1. The van der Waals surface area contributed by atoms with Crippen molar-refractivity contribution < 1.29 is 9.94 Å². The summed E-state index contributed by atoms with van der Waals surface area (Å²) in [5.41, 5.74) is 0.817. The molecule has 5 heteroatoms. The number of aryl methyl sites for hydroxylation is 1. The second-order valence-corrected chi connectivity index (χ2v) is 3.56. The largest absolute Gasteiger partial charge is 0.486 e. The van der Waals surface area contributed by atoms with Crippen molar-refractivity contribution in [2.75, 3.05) is 0 Å². The lowest BCUT2D eigenvalue weighted by molar-refractivity contribution is 0.292. The molecule has 2 rings (SSSR count). The van der Waals surface area contributed by atoms with Gasteiger partial charge in [-0.05, 0) is 29.8 Å². The summed E-state index contributed by atoms with van der Waals surface area (Å²) in [6, 6.07) is 7.26. The first-order valence-electron chi connectivity index (χ1n) is 5.16. The third-order valence-corrected chi connectivity index (χ3v) is 2.38. The van der Waals surface area contributed by atoms with Crippen LogP contribution < -0.4 is 4.74 Å². The molecule has 0 spiro atoms. The topological polar surface area (TPSA) is 59.6 Å². The first-order chi connectivity index (χ1) is 8.29. The molecule has 88 valence electrons. The van der Waals surface area contributed by atoms with E-state index in [9.17, 15) is 0 Å². The first-order valence-corrected chi connectivity index (χ1v) is 5.16. The molecule has 0 atom stereocenters. The molecule has 0 saturated heterocycles. The van der Waals surface area contributed by atoms with Crippen LogP contribution >= 0.6 is 0 Å². The van der Waals surface area contributed by atoms with E-state index < -0.39 is 0 Å². The summed E-state index contributed by atoms with van der Waals surface area (Å²) in [4.78, 5) is 4.16. The summed E-state index contributed by atoms with van der Waals surface area (Å²) >= 11 is 0. The first kappa shape index (κ1) is 11.2. The molecule has 0 aliphatic carbocycles. The molecule has 17 heavy (non-hydrogen) atoms. The lowest BCUT2D eigenvalue weighted by Gasteiger charge is -2.06. The van der Waals surface area contributed by atoms with Crippen LogP contribution in [-0.2, 0) is 13.7 Å². The smallest absolute Gasteiger partial charge is 0.146 e. The molecule has 0 radical (unpaired) electrons. The van der Waals surface area contributed by atoms with Gasteiger partial charge in [-0.3, -0.25) is 0 Å². The third-order valence-electron chi connectivity index (χ3n) is 2.38. The summed E-state index contributed by atoms with van der Waals surface area (Å²) in [7, 11) is 1.92. The van der Waals surface area contributed by atoms with Gasteiger partial charge in [-0.15, -0.1) is 0 Å². The van der Waals surface area contributed by atoms with Gasteiger partial charge in [0, 0.05) is 19.4 Å². The Bertz CT molecular complexity index is 503. The van der Waals surface area contributed by atoms with Crippen molar-refractivity contribution in [2.24, 2.45) is 12.2 Å². The fourth-order valence-corrected chi connectivity index (χ4v) is 1.40. The monoisotopic (exact) mass is 231 g/mol. The molecule has 0 unspecified atom stereocenters. The zero-order valence-electron chi connectivity index (χ0n) is 9.45. The van der Waals surface area contributed by atoms with Crippen molar-refractivity contribution in [1.29, 1.82) is 0 Å². The van der Waals surface area contributed by atoms with Crippen LogP contribution in [-0.4, -0.2) is 21.0 Å². The summed E-state index contributed by atoms with van der Waals surface area (Å²) in [5, 5.41) is 11.3. The number of benzene rings is 1. The Morgan fingerprint density at radius 2 is 2.18 bits per heavy atom. The van der Waals surface area contributed by atoms with E-state index in [0.29, 0.717) is 6.61 Å². The fourth-order valence-electron chi connectivity index (χ4n) is 1.40. The van der Waals surface area contributed by atoms with Crippen LogP contribution in [0.25, 0.3) is 0 Å². The molecule has 1 aromatic carbocycles. The molecule has 0 fully saturated rings. The summed E-state index contributed by atoms with van der Waals surface area (Å²) in [5.74, 6) is 1.62. The zero-order chi connectivity index (χ0) is 12.1. The van der Waals surface area contributed by atoms with Gasteiger partial charge < -0.3 is 14.5 Å². The van der Waals surface area contributed by atoms with Crippen LogP contribution in [0.5, 0.6) is 5.75 Å². The van der Waals surface area contributed by atoms with E-state index in [4.69, 9.17) is 9.94 Å². The average Bonchev–Trinajstić information content (AvgIpc) is 2.75. The average molecular weight is 231 g/mol. The molecule has 1 heterocycles. The Kier molecular flexibility index (Phi) is 3.40. The Morgan fingerprint density at radius 1 is 1.41 bits per heavy atom. The van der Waals surface area contributed by atoms with Crippen molar-refractivity contribution in [1.82, 2.24) is 9.55 Å². The predicted octanol–water partition coefficient (Wildman–Crippen LogP) is 1.81. The highest BCUT2D eigenvalue weighted by Crippen LogP contribution is 2.12. The van der Waals surface area contributed by atoms with Gasteiger partial charge in [0.1, 0.15) is 18.2 Å². The van der Waals surface area contributed by atoms with E-state index in [2.05, 4.69) is 10.1 Å². The molecule has 0 bridgehead atoms.